The number of rotatable bonds is 15. The number of esters is 3. The van der Waals surface area contributed by atoms with Gasteiger partial charge in [-0.3, -0.25) is 14.4 Å². The Bertz CT molecular complexity index is 867. The van der Waals surface area contributed by atoms with Crippen molar-refractivity contribution in [2.45, 2.75) is 115 Å². The summed E-state index contributed by atoms with van der Waals surface area (Å²) in [5, 5.41) is -1.24. The van der Waals surface area contributed by atoms with Crippen LogP contribution >= 0.6 is 72.9 Å². The van der Waals surface area contributed by atoms with Gasteiger partial charge in [0.25, 0.3) is 0 Å². The molecule has 0 aromatic rings. The van der Waals surface area contributed by atoms with Crippen molar-refractivity contribution >= 4 is 98.7 Å². The van der Waals surface area contributed by atoms with Gasteiger partial charge in [-0.05, 0) is 116 Å². The molecule has 0 heterocycles. The topological polar surface area (TPSA) is 78.9 Å². The number of carbonyl (C=O) groups excluding carboxylic acids is 3. The van der Waals surface area contributed by atoms with Crippen LogP contribution in [0.5, 0.6) is 0 Å². The van der Waals surface area contributed by atoms with Gasteiger partial charge in [-0.1, -0.05) is 45.6 Å². The number of ether oxygens (including phenoxy) is 3. The molecular weight excluding hydrogens is 781 g/mol. The Morgan fingerprint density at radius 1 is 0.692 bits per heavy atom. The summed E-state index contributed by atoms with van der Waals surface area (Å²) in [6, 6.07) is 0. The van der Waals surface area contributed by atoms with Crippen molar-refractivity contribution in [2.24, 2.45) is 16.2 Å². The molecule has 12 heteroatoms. The van der Waals surface area contributed by atoms with Crippen LogP contribution in [0, 0.1) is 16.2 Å². The van der Waals surface area contributed by atoms with E-state index in [-0.39, 0.29) is 30.0 Å². The van der Waals surface area contributed by atoms with Crippen molar-refractivity contribution in [3.05, 3.63) is 0 Å². The SMILES string of the molecule is [B]C(C)(CC(C)(C)SI)C(=O)OCC(COC(=O)C(C)(C)SI)(COC(=O)C(C)(C)C(C)(C)S)CC(C)(C)C. The van der Waals surface area contributed by atoms with Crippen molar-refractivity contribution in [2.75, 3.05) is 19.8 Å². The molecule has 2 radical (unpaired) electrons. The number of thiol groups is 1. The van der Waals surface area contributed by atoms with Crippen LogP contribution in [0.2, 0.25) is 5.31 Å². The van der Waals surface area contributed by atoms with E-state index in [0.717, 1.165) is 0 Å². The smallest absolute Gasteiger partial charge is 0.322 e. The molecule has 39 heavy (non-hydrogen) atoms. The summed E-state index contributed by atoms with van der Waals surface area (Å²) in [4.78, 5) is 39.4. The molecule has 0 rings (SSSR count). The Balaban J connectivity index is 6.31. The first-order valence-corrected chi connectivity index (χ1v) is 20.0. The quantitative estimate of drug-likeness (QED) is 0.0582. The van der Waals surface area contributed by atoms with E-state index >= 15 is 0 Å². The number of hydrogen-bond acceptors (Lipinski definition) is 9. The van der Waals surface area contributed by atoms with Crippen molar-refractivity contribution < 1.29 is 28.6 Å². The van der Waals surface area contributed by atoms with E-state index in [1.54, 1.807) is 43.6 Å². The lowest BCUT2D eigenvalue weighted by molar-refractivity contribution is -0.171. The molecule has 0 aliphatic rings. The van der Waals surface area contributed by atoms with E-state index in [4.69, 9.17) is 22.1 Å². The molecular formula is C27H47BI2O6S3. The largest absolute Gasteiger partial charge is 0.465 e. The van der Waals surface area contributed by atoms with Crippen LogP contribution in [0.3, 0.4) is 0 Å². The molecule has 0 spiro atoms. The molecule has 6 nitrogen and oxygen atoms in total. The van der Waals surface area contributed by atoms with Gasteiger partial charge in [0.15, 0.2) is 0 Å². The summed E-state index contributed by atoms with van der Waals surface area (Å²) in [5.41, 5.74) is -2.18. The third kappa shape index (κ3) is 13.0. The van der Waals surface area contributed by atoms with Crippen molar-refractivity contribution in [3.8, 4) is 0 Å². The molecule has 0 N–H and O–H groups in total. The van der Waals surface area contributed by atoms with E-state index in [2.05, 4.69) is 55.0 Å². The summed E-state index contributed by atoms with van der Waals surface area (Å²) in [7, 11) is 9.37. The second-order valence-electron chi connectivity index (χ2n) is 14.2. The van der Waals surface area contributed by atoms with Gasteiger partial charge < -0.3 is 14.2 Å². The highest BCUT2D eigenvalue weighted by Crippen LogP contribution is 2.44. The van der Waals surface area contributed by atoms with E-state index in [0.29, 0.717) is 12.8 Å². The van der Waals surface area contributed by atoms with Gasteiger partial charge in [0.2, 0.25) is 0 Å². The minimum atomic E-state index is -1.24. The maximum Gasteiger partial charge on any atom is 0.322 e. The average molecular weight is 828 g/mol. The molecule has 0 amide bonds. The van der Waals surface area contributed by atoms with Gasteiger partial charge in [-0.15, -0.1) is 0 Å². The van der Waals surface area contributed by atoms with Crippen LogP contribution in [0.15, 0.2) is 0 Å². The third-order valence-electron chi connectivity index (χ3n) is 6.63. The van der Waals surface area contributed by atoms with Crippen LogP contribution in [-0.4, -0.2) is 59.8 Å². The second-order valence-corrected chi connectivity index (χ2v) is 20.4. The summed E-state index contributed by atoms with van der Waals surface area (Å²) >= 11 is 8.88. The van der Waals surface area contributed by atoms with E-state index in [9.17, 15) is 14.4 Å². The molecule has 0 bridgehead atoms. The third-order valence-corrected chi connectivity index (χ3v) is 15.2. The minimum absolute atomic E-state index is 0.0919. The van der Waals surface area contributed by atoms with Crippen LogP contribution < -0.4 is 0 Å². The zero-order valence-corrected chi connectivity index (χ0v) is 32.4. The van der Waals surface area contributed by atoms with Crippen LogP contribution in [-0.2, 0) is 28.6 Å². The van der Waals surface area contributed by atoms with E-state index in [1.165, 1.54) is 8.93 Å². The molecule has 0 aliphatic carbocycles. The molecule has 0 saturated carbocycles. The van der Waals surface area contributed by atoms with E-state index < -0.39 is 43.5 Å². The van der Waals surface area contributed by atoms with Gasteiger partial charge in [0.05, 0.1) is 18.7 Å². The first-order valence-electron chi connectivity index (χ1n) is 12.8. The number of hydrogen-bond donors (Lipinski definition) is 1. The number of halogens is 2. The highest BCUT2D eigenvalue weighted by Gasteiger charge is 2.46. The Kier molecular flexibility index (Phi) is 15.0. The van der Waals surface area contributed by atoms with Gasteiger partial charge in [0, 0.05) is 14.8 Å². The Labute approximate surface area is 276 Å². The van der Waals surface area contributed by atoms with Crippen LogP contribution in [0.1, 0.15) is 95.9 Å². The van der Waals surface area contributed by atoms with Gasteiger partial charge in [-0.25, -0.2) is 0 Å². The zero-order valence-electron chi connectivity index (χ0n) is 25.6. The average Bonchev–Trinajstić information content (AvgIpc) is 2.76. The van der Waals surface area contributed by atoms with Crippen molar-refractivity contribution in [1.82, 2.24) is 0 Å². The fraction of sp³-hybridized carbons (Fsp3) is 0.889. The molecule has 2 unspecified atom stereocenters. The molecule has 0 aliphatic heterocycles. The van der Waals surface area contributed by atoms with Crippen molar-refractivity contribution in [3.63, 3.8) is 0 Å². The fourth-order valence-corrected chi connectivity index (χ4v) is 5.42. The first kappa shape index (κ1) is 40.0. The standard InChI is InChI=1S/C27H47BI2O6S3/c1-21(2,3)13-27(16-35-19(32)24(8,9)39-30,15-34-18(31)23(6,7)25(10,11)37)17-36-20(33)26(12,28)14-22(4,5)38-29/h37H,13-17H2,1-12H3. The summed E-state index contributed by atoms with van der Waals surface area (Å²) in [5.74, 6) is -1.40. The van der Waals surface area contributed by atoms with Gasteiger partial charge in [0.1, 0.15) is 24.6 Å². The lowest BCUT2D eigenvalue weighted by atomic mass is 9.65. The normalized spacial score (nSPS) is 16.6. The first-order chi connectivity index (χ1) is 17.2. The fourth-order valence-electron chi connectivity index (χ4n) is 3.84. The monoisotopic (exact) mass is 828 g/mol. The van der Waals surface area contributed by atoms with Crippen molar-refractivity contribution in [1.29, 1.82) is 0 Å². The minimum Gasteiger partial charge on any atom is -0.465 e. The second kappa shape index (κ2) is 14.6. The van der Waals surface area contributed by atoms with Crippen LogP contribution in [0.4, 0.5) is 0 Å². The van der Waals surface area contributed by atoms with E-state index in [1.807, 2.05) is 48.5 Å². The summed E-state index contributed by atoms with van der Waals surface area (Å²) in [6.07, 6.45) is 0.849. The molecule has 0 aromatic carbocycles. The lowest BCUT2D eigenvalue weighted by Gasteiger charge is -2.40. The highest BCUT2D eigenvalue weighted by molar-refractivity contribution is 14.2. The Morgan fingerprint density at radius 3 is 1.46 bits per heavy atom. The molecule has 0 aromatic heterocycles. The van der Waals surface area contributed by atoms with Crippen LogP contribution in [0.25, 0.3) is 0 Å². The molecule has 0 fully saturated rings. The maximum absolute atomic E-state index is 13.3. The molecule has 226 valence electrons. The molecule has 2 atom stereocenters. The predicted octanol–water partition coefficient (Wildman–Crippen LogP) is 8.23. The Hall–Kier alpha value is 0.985. The van der Waals surface area contributed by atoms with Gasteiger partial charge >= 0.3 is 17.9 Å². The maximum atomic E-state index is 13.3. The molecule has 0 saturated heterocycles. The highest BCUT2D eigenvalue weighted by atomic mass is 127. The zero-order chi connectivity index (χ0) is 31.3. The number of carbonyl (C=O) groups is 3. The lowest BCUT2D eigenvalue weighted by Crippen LogP contribution is -2.47. The predicted molar refractivity (Wildman–Crippen MR) is 186 cm³/mol. The summed E-state index contributed by atoms with van der Waals surface area (Å²) < 4.78 is 15.9. The van der Waals surface area contributed by atoms with Gasteiger partial charge in [-0.2, -0.15) is 12.6 Å². The Morgan fingerprint density at radius 2 is 1.10 bits per heavy atom. The summed E-state index contributed by atoms with van der Waals surface area (Å²) in [6.45, 7) is 22.3.